The summed E-state index contributed by atoms with van der Waals surface area (Å²) in [7, 11) is 0. The second-order valence-corrected chi connectivity index (χ2v) is 6.52. The Balaban J connectivity index is 1.88. The van der Waals surface area contributed by atoms with E-state index < -0.39 is 0 Å². The summed E-state index contributed by atoms with van der Waals surface area (Å²) >= 11 is 12.5. The van der Waals surface area contributed by atoms with Gasteiger partial charge in [0.05, 0.1) is 10.0 Å². The summed E-state index contributed by atoms with van der Waals surface area (Å²) in [6, 6.07) is 5.34. The van der Waals surface area contributed by atoms with E-state index in [1.807, 2.05) is 6.92 Å². The van der Waals surface area contributed by atoms with Crippen LogP contribution in [0.5, 0.6) is 0 Å². The molecule has 0 aliphatic carbocycles. The predicted molar refractivity (Wildman–Crippen MR) is 94.1 cm³/mol. The Labute approximate surface area is 150 Å². The molecule has 2 aromatic rings. The summed E-state index contributed by atoms with van der Waals surface area (Å²) in [5, 5.41) is 11.5. The van der Waals surface area contributed by atoms with Gasteiger partial charge < -0.3 is 10.6 Å². The number of carbonyl (C=O) groups is 1. The second kappa shape index (κ2) is 7.51. The zero-order valence-corrected chi connectivity index (χ0v) is 14.9. The third kappa shape index (κ3) is 3.55. The number of para-hydroxylation sites is 1. The van der Waals surface area contributed by atoms with E-state index in [0.717, 1.165) is 25.9 Å². The van der Waals surface area contributed by atoms with E-state index in [-0.39, 0.29) is 17.8 Å². The van der Waals surface area contributed by atoms with Crippen LogP contribution in [-0.2, 0) is 6.42 Å². The molecule has 8 heteroatoms. The maximum Gasteiger partial charge on any atom is 0.291 e. The Kier molecular flexibility index (Phi) is 5.38. The number of hydrogen-bond donors (Lipinski definition) is 2. The molecule has 3 rings (SSSR count). The van der Waals surface area contributed by atoms with Gasteiger partial charge in [-0.1, -0.05) is 36.2 Å². The summed E-state index contributed by atoms with van der Waals surface area (Å²) in [6.07, 6.45) is 2.60. The lowest BCUT2D eigenvalue weighted by Crippen LogP contribution is -2.45. The summed E-state index contributed by atoms with van der Waals surface area (Å²) < 4.78 is 1.55. The van der Waals surface area contributed by atoms with Crippen molar-refractivity contribution in [2.45, 2.75) is 32.2 Å². The van der Waals surface area contributed by atoms with Crippen molar-refractivity contribution in [3.05, 3.63) is 39.9 Å². The van der Waals surface area contributed by atoms with E-state index >= 15 is 0 Å². The van der Waals surface area contributed by atoms with Gasteiger partial charge in [-0.25, -0.2) is 9.67 Å². The molecule has 0 radical (unpaired) electrons. The lowest BCUT2D eigenvalue weighted by molar-refractivity contribution is 0.0920. The van der Waals surface area contributed by atoms with Gasteiger partial charge in [0, 0.05) is 19.0 Å². The minimum atomic E-state index is -0.277. The average Bonchev–Trinajstić information content (AvgIpc) is 3.00. The van der Waals surface area contributed by atoms with Crippen LogP contribution in [0.4, 0.5) is 0 Å². The van der Waals surface area contributed by atoms with E-state index in [9.17, 15) is 4.79 Å². The van der Waals surface area contributed by atoms with Crippen molar-refractivity contribution in [1.82, 2.24) is 25.4 Å². The van der Waals surface area contributed by atoms with Gasteiger partial charge in [-0.15, -0.1) is 5.10 Å². The van der Waals surface area contributed by atoms with Crippen LogP contribution < -0.4 is 10.6 Å². The topological polar surface area (TPSA) is 71.8 Å². The Bertz CT molecular complexity index is 720. The fraction of sp³-hybridized carbons (Fsp3) is 0.438. The fourth-order valence-electron chi connectivity index (χ4n) is 2.76. The number of nitrogens with one attached hydrogen (secondary N) is 2. The maximum atomic E-state index is 12.5. The number of nitrogens with zero attached hydrogens (tertiary/aromatic N) is 3. The Hall–Kier alpha value is -1.63. The highest BCUT2D eigenvalue weighted by molar-refractivity contribution is 6.37. The monoisotopic (exact) mass is 367 g/mol. The van der Waals surface area contributed by atoms with Crippen molar-refractivity contribution < 1.29 is 4.79 Å². The van der Waals surface area contributed by atoms with Crippen LogP contribution in [0, 0.1) is 0 Å². The number of piperidine rings is 1. The van der Waals surface area contributed by atoms with Gasteiger partial charge in [0.15, 0.2) is 0 Å². The van der Waals surface area contributed by atoms with Crippen molar-refractivity contribution in [3.8, 4) is 5.69 Å². The van der Waals surface area contributed by atoms with Crippen LogP contribution in [0.3, 0.4) is 0 Å². The van der Waals surface area contributed by atoms with Crippen molar-refractivity contribution in [2.75, 3.05) is 13.1 Å². The second-order valence-electron chi connectivity index (χ2n) is 5.70. The van der Waals surface area contributed by atoms with E-state index in [2.05, 4.69) is 20.7 Å². The molecule has 1 amide bonds. The van der Waals surface area contributed by atoms with Crippen molar-refractivity contribution >= 4 is 29.1 Å². The van der Waals surface area contributed by atoms with Crippen LogP contribution in [0.15, 0.2) is 18.2 Å². The molecule has 24 heavy (non-hydrogen) atoms. The van der Waals surface area contributed by atoms with E-state index in [0.29, 0.717) is 28.0 Å². The highest BCUT2D eigenvalue weighted by atomic mass is 35.5. The minimum absolute atomic E-state index is 0.104. The normalized spacial score (nSPS) is 17.7. The zero-order chi connectivity index (χ0) is 17.1. The molecule has 0 spiro atoms. The third-order valence-corrected chi connectivity index (χ3v) is 4.58. The van der Waals surface area contributed by atoms with Crippen LogP contribution in [-0.4, -0.2) is 39.8 Å². The summed E-state index contributed by atoms with van der Waals surface area (Å²) in [6.45, 7) is 3.70. The molecule has 2 heterocycles. The van der Waals surface area contributed by atoms with E-state index in [1.165, 1.54) is 0 Å². The van der Waals surface area contributed by atoms with Gasteiger partial charge in [0.25, 0.3) is 5.91 Å². The minimum Gasteiger partial charge on any atom is -0.345 e. The van der Waals surface area contributed by atoms with E-state index in [4.69, 9.17) is 23.2 Å². The highest BCUT2D eigenvalue weighted by Crippen LogP contribution is 2.28. The quantitative estimate of drug-likeness (QED) is 0.870. The first kappa shape index (κ1) is 17.2. The molecule has 6 nitrogen and oxygen atoms in total. The molecule has 1 unspecified atom stereocenters. The molecule has 1 aliphatic rings. The largest absolute Gasteiger partial charge is 0.345 e. The van der Waals surface area contributed by atoms with E-state index in [1.54, 1.807) is 22.9 Å². The molecular weight excluding hydrogens is 349 g/mol. The molecular formula is C16H19Cl2N5O. The zero-order valence-electron chi connectivity index (χ0n) is 13.4. The highest BCUT2D eigenvalue weighted by Gasteiger charge is 2.22. The molecule has 0 saturated carbocycles. The van der Waals surface area contributed by atoms with Gasteiger partial charge in [-0.3, -0.25) is 4.79 Å². The van der Waals surface area contributed by atoms with Gasteiger partial charge >= 0.3 is 0 Å². The number of benzene rings is 1. The van der Waals surface area contributed by atoms with Gasteiger partial charge in [0.2, 0.25) is 5.82 Å². The number of amides is 1. The molecule has 1 aromatic carbocycles. The Morgan fingerprint density at radius 1 is 1.42 bits per heavy atom. The summed E-state index contributed by atoms with van der Waals surface area (Å²) in [5.74, 6) is 0.491. The van der Waals surface area contributed by atoms with Crippen molar-refractivity contribution in [2.24, 2.45) is 0 Å². The smallest absolute Gasteiger partial charge is 0.291 e. The lowest BCUT2D eigenvalue weighted by atomic mass is 10.1. The molecule has 1 atom stereocenters. The molecule has 1 aromatic heterocycles. The standard InChI is InChI=1S/C16H19Cl2N5O/c1-2-13-21-15(16(24)20-10-5-4-8-19-9-10)22-23(13)14-11(17)6-3-7-12(14)18/h3,6-7,10,19H,2,4-5,8-9H2,1H3,(H,20,24). The first-order chi connectivity index (χ1) is 11.6. The number of aryl methyl sites for hydroxylation is 1. The molecule has 1 aliphatic heterocycles. The lowest BCUT2D eigenvalue weighted by Gasteiger charge is -2.23. The molecule has 1 saturated heterocycles. The third-order valence-electron chi connectivity index (χ3n) is 3.97. The van der Waals surface area contributed by atoms with Crippen LogP contribution in [0.2, 0.25) is 10.0 Å². The number of rotatable bonds is 4. The first-order valence-corrected chi connectivity index (χ1v) is 8.77. The number of halogens is 2. The molecule has 2 N–H and O–H groups in total. The molecule has 128 valence electrons. The van der Waals surface area contributed by atoms with Crippen LogP contribution in [0.1, 0.15) is 36.2 Å². The predicted octanol–water partition coefficient (Wildman–Crippen LogP) is 2.62. The van der Waals surface area contributed by atoms with Crippen LogP contribution >= 0.6 is 23.2 Å². The number of carbonyl (C=O) groups excluding carboxylic acids is 1. The summed E-state index contributed by atoms with van der Waals surface area (Å²) in [5.41, 5.74) is 0.545. The first-order valence-electron chi connectivity index (χ1n) is 8.02. The number of aromatic nitrogens is 3. The van der Waals surface area contributed by atoms with Gasteiger partial charge in [-0.2, -0.15) is 0 Å². The molecule has 0 bridgehead atoms. The van der Waals surface area contributed by atoms with Crippen molar-refractivity contribution in [3.63, 3.8) is 0 Å². The molecule has 1 fully saturated rings. The Morgan fingerprint density at radius 2 is 2.17 bits per heavy atom. The number of hydrogen-bond acceptors (Lipinski definition) is 4. The van der Waals surface area contributed by atoms with Gasteiger partial charge in [-0.05, 0) is 31.5 Å². The Morgan fingerprint density at radius 3 is 2.79 bits per heavy atom. The van der Waals surface area contributed by atoms with Crippen molar-refractivity contribution in [1.29, 1.82) is 0 Å². The SMILES string of the molecule is CCc1nc(C(=O)NC2CCCNC2)nn1-c1c(Cl)cccc1Cl. The maximum absolute atomic E-state index is 12.5. The fourth-order valence-corrected chi connectivity index (χ4v) is 3.32. The van der Waals surface area contributed by atoms with Gasteiger partial charge in [0.1, 0.15) is 11.5 Å². The van der Waals surface area contributed by atoms with Crippen LogP contribution in [0.25, 0.3) is 5.69 Å². The summed E-state index contributed by atoms with van der Waals surface area (Å²) in [4.78, 5) is 16.8. The average molecular weight is 368 g/mol.